The van der Waals surface area contributed by atoms with Gasteiger partial charge in [-0.3, -0.25) is 14.4 Å². The molecule has 12 heteroatoms. The van der Waals surface area contributed by atoms with Gasteiger partial charge in [-0.1, -0.05) is 199 Å². The molecule has 1 fully saturated rings. The largest absolute Gasteiger partial charge is 0.479 e. The van der Waals surface area contributed by atoms with Gasteiger partial charge in [0.2, 0.25) is 0 Å². The van der Waals surface area contributed by atoms with Gasteiger partial charge < -0.3 is 39.0 Å². The van der Waals surface area contributed by atoms with Crippen LogP contribution in [0, 0.1) is 0 Å². The second-order valence-corrected chi connectivity index (χ2v) is 19.8. The minimum atomic E-state index is -1.92. The molecule has 0 amide bonds. The lowest BCUT2D eigenvalue weighted by molar-refractivity contribution is -0.301. The van der Waals surface area contributed by atoms with E-state index < -0.39 is 67.3 Å². The Bertz CT molecular complexity index is 1880. The fraction of sp³-hybridized carbons (Fsp3) is 0.612. The zero-order valence-electron chi connectivity index (χ0n) is 48.8. The molecule has 12 nitrogen and oxygen atoms in total. The van der Waals surface area contributed by atoms with Crippen molar-refractivity contribution in [2.24, 2.45) is 0 Å². The number of hydrogen-bond donors (Lipinski definition) is 3. The Hall–Kier alpha value is -5.14. The van der Waals surface area contributed by atoms with Crippen molar-refractivity contribution in [2.75, 3.05) is 13.2 Å². The molecule has 6 atom stereocenters. The molecule has 444 valence electrons. The van der Waals surface area contributed by atoms with Crippen LogP contribution in [-0.2, 0) is 42.9 Å². The van der Waals surface area contributed by atoms with Crippen LogP contribution in [0.25, 0.3) is 0 Å². The first-order chi connectivity index (χ1) is 38.6. The number of aliphatic carboxylic acids is 1. The van der Waals surface area contributed by atoms with E-state index >= 15 is 0 Å². The number of ether oxygens (including phenoxy) is 5. The number of aliphatic hydroxyl groups is 2. The van der Waals surface area contributed by atoms with Gasteiger partial charge in [-0.2, -0.15) is 0 Å². The summed E-state index contributed by atoms with van der Waals surface area (Å²) < 4.78 is 28.4. The van der Waals surface area contributed by atoms with E-state index in [4.69, 9.17) is 23.7 Å². The molecule has 0 aliphatic carbocycles. The average molecular weight is 1100 g/mol. The molecule has 3 N–H and O–H groups in total. The molecule has 1 aliphatic rings. The molecule has 6 unspecified atom stereocenters. The van der Waals surface area contributed by atoms with Crippen molar-refractivity contribution in [3.8, 4) is 0 Å². The van der Waals surface area contributed by atoms with E-state index in [1.807, 2.05) is 0 Å². The van der Waals surface area contributed by atoms with E-state index in [1.165, 1.54) is 0 Å². The van der Waals surface area contributed by atoms with Crippen molar-refractivity contribution >= 4 is 23.9 Å². The lowest BCUT2D eigenvalue weighted by Gasteiger charge is -2.40. The van der Waals surface area contributed by atoms with E-state index in [9.17, 15) is 34.5 Å². The molecule has 0 spiro atoms. The van der Waals surface area contributed by atoms with Crippen LogP contribution < -0.4 is 0 Å². The van der Waals surface area contributed by atoms with Crippen LogP contribution in [0.2, 0.25) is 0 Å². The first-order valence-corrected chi connectivity index (χ1v) is 30.2. The third kappa shape index (κ3) is 43.4. The molecule has 0 radical (unpaired) electrons. The lowest BCUT2D eigenvalue weighted by Crippen LogP contribution is -2.61. The van der Waals surface area contributed by atoms with Crippen LogP contribution in [0.5, 0.6) is 0 Å². The monoisotopic (exact) mass is 1100 g/mol. The SMILES string of the molecule is CC/C=C\C/C=C\C/C=C\C/C=C\CCCCCCCCC(=O)OC1C(OCC(COC(=O)CCCC/C=C\C/C=C\C/C=C\C/C=C\CC)OC(=O)CCCCCCC/C=C\C/C=C\C/C=C\CC)OC(C(=O)O)C(O)C1O. The number of aliphatic hydroxyl groups excluding tert-OH is 2. The highest BCUT2D eigenvalue weighted by atomic mass is 16.7. The highest BCUT2D eigenvalue weighted by Gasteiger charge is 2.50. The zero-order chi connectivity index (χ0) is 57.5. The zero-order valence-corrected chi connectivity index (χ0v) is 48.8. The molecule has 0 aromatic carbocycles. The Morgan fingerprint density at radius 2 is 0.759 bits per heavy atom. The van der Waals surface area contributed by atoms with E-state index in [1.54, 1.807) is 0 Å². The van der Waals surface area contributed by atoms with Crippen molar-refractivity contribution < 1.29 is 58.2 Å². The molecule has 1 saturated heterocycles. The summed E-state index contributed by atoms with van der Waals surface area (Å²) in [5.41, 5.74) is 0. The van der Waals surface area contributed by atoms with Crippen LogP contribution in [0.4, 0.5) is 0 Å². The smallest absolute Gasteiger partial charge is 0.335 e. The number of esters is 3. The third-order valence-corrected chi connectivity index (χ3v) is 12.7. The molecule has 1 aliphatic heterocycles. The van der Waals surface area contributed by atoms with Gasteiger partial charge in [0.05, 0.1) is 6.61 Å². The van der Waals surface area contributed by atoms with Gasteiger partial charge in [0.15, 0.2) is 24.6 Å². The Labute approximate surface area is 477 Å². The number of carboxylic acid groups (broad SMARTS) is 1. The van der Waals surface area contributed by atoms with Crippen molar-refractivity contribution in [3.05, 3.63) is 134 Å². The molecular formula is C67H104O12. The Morgan fingerprint density at radius 3 is 1.18 bits per heavy atom. The molecule has 0 aromatic rings. The molecule has 1 rings (SSSR count). The Balaban J connectivity index is 2.73. The van der Waals surface area contributed by atoms with Crippen molar-refractivity contribution in [2.45, 2.75) is 250 Å². The fourth-order valence-electron chi connectivity index (χ4n) is 8.19. The molecular weight excluding hydrogens is 997 g/mol. The quantitative estimate of drug-likeness (QED) is 0.0228. The van der Waals surface area contributed by atoms with Crippen LogP contribution in [0.15, 0.2) is 134 Å². The summed E-state index contributed by atoms with van der Waals surface area (Å²) in [5.74, 6) is -3.24. The standard InChI is InChI=1S/C67H104O12/c1-4-7-10-13-16-19-22-25-28-29-30-31-34-37-40-43-46-49-52-55-61(70)78-65-63(72)62(71)64(66(73)74)79-67(65)76-57-58(77-60(69)54-51-48-45-42-39-36-33-27-24-21-18-15-12-9-6-3)56-75-59(68)53-50-47-44-41-38-35-32-26-23-20-17-14-11-8-5-2/h7-12,16-21,25-28,30-33,38,41,58,62-65,67,71-72H,4-6,13-15,22-24,29,34-37,39-40,42-57H2,1-3H3,(H,73,74)/b10-7-,11-8-,12-9-,19-16-,20-17-,21-18-,28-25-,31-30-,32-26-,33-27-,41-38-. The summed E-state index contributed by atoms with van der Waals surface area (Å²) in [4.78, 5) is 51.2. The second-order valence-electron chi connectivity index (χ2n) is 19.8. The Morgan fingerprint density at radius 1 is 0.418 bits per heavy atom. The number of rotatable bonds is 49. The number of carboxylic acids is 1. The van der Waals surface area contributed by atoms with Gasteiger partial charge in [-0.25, -0.2) is 4.79 Å². The maximum absolute atomic E-state index is 13.2. The summed E-state index contributed by atoms with van der Waals surface area (Å²) in [6.45, 7) is 5.59. The molecule has 79 heavy (non-hydrogen) atoms. The third-order valence-electron chi connectivity index (χ3n) is 12.7. The minimum Gasteiger partial charge on any atom is -0.479 e. The number of carbonyl (C=O) groups excluding carboxylic acids is 3. The van der Waals surface area contributed by atoms with Gasteiger partial charge in [0.1, 0.15) is 18.8 Å². The molecule has 1 heterocycles. The van der Waals surface area contributed by atoms with Crippen molar-refractivity contribution in [1.82, 2.24) is 0 Å². The summed E-state index contributed by atoms with van der Waals surface area (Å²) in [6, 6.07) is 0. The highest BCUT2D eigenvalue weighted by Crippen LogP contribution is 2.26. The van der Waals surface area contributed by atoms with Gasteiger partial charge in [-0.05, 0) is 128 Å². The van der Waals surface area contributed by atoms with Crippen LogP contribution in [0.1, 0.15) is 213 Å². The summed E-state index contributed by atoms with van der Waals surface area (Å²) in [5, 5.41) is 31.5. The highest BCUT2D eigenvalue weighted by molar-refractivity contribution is 5.74. The van der Waals surface area contributed by atoms with Gasteiger partial charge in [-0.15, -0.1) is 0 Å². The lowest BCUT2D eigenvalue weighted by atomic mass is 9.98. The summed E-state index contributed by atoms with van der Waals surface area (Å²) >= 11 is 0. The van der Waals surface area contributed by atoms with E-state index in [0.717, 1.165) is 154 Å². The fourth-order valence-corrected chi connectivity index (χ4v) is 8.19. The number of hydrogen-bond acceptors (Lipinski definition) is 11. The summed E-state index contributed by atoms with van der Waals surface area (Å²) in [7, 11) is 0. The van der Waals surface area contributed by atoms with Crippen molar-refractivity contribution in [3.63, 3.8) is 0 Å². The number of carbonyl (C=O) groups is 4. The molecule has 0 aromatic heterocycles. The second kappa shape index (κ2) is 53.5. The van der Waals surface area contributed by atoms with Gasteiger partial charge >= 0.3 is 23.9 Å². The first kappa shape index (κ1) is 71.9. The van der Waals surface area contributed by atoms with Crippen LogP contribution >= 0.6 is 0 Å². The van der Waals surface area contributed by atoms with Crippen molar-refractivity contribution in [1.29, 1.82) is 0 Å². The molecule has 0 bridgehead atoms. The predicted molar refractivity (Wildman–Crippen MR) is 321 cm³/mol. The van der Waals surface area contributed by atoms with Crippen LogP contribution in [0.3, 0.4) is 0 Å². The normalized spacial score (nSPS) is 18.8. The maximum Gasteiger partial charge on any atom is 0.335 e. The topological polar surface area (TPSA) is 175 Å². The van der Waals surface area contributed by atoms with E-state index in [2.05, 4.69) is 154 Å². The van der Waals surface area contributed by atoms with Gasteiger partial charge in [0.25, 0.3) is 0 Å². The van der Waals surface area contributed by atoms with E-state index in [0.29, 0.717) is 19.3 Å². The minimum absolute atomic E-state index is 0.0302. The average Bonchev–Trinajstić information content (AvgIpc) is 3.44. The first-order valence-electron chi connectivity index (χ1n) is 30.2. The predicted octanol–water partition coefficient (Wildman–Crippen LogP) is 15.8. The van der Waals surface area contributed by atoms with E-state index in [-0.39, 0.29) is 25.9 Å². The maximum atomic E-state index is 13.2. The molecule has 0 saturated carbocycles. The number of unbranched alkanes of at least 4 members (excludes halogenated alkanes) is 13. The van der Waals surface area contributed by atoms with Gasteiger partial charge in [0, 0.05) is 19.3 Å². The van der Waals surface area contributed by atoms with Crippen LogP contribution in [-0.4, -0.2) is 89.2 Å². The number of allylic oxidation sites excluding steroid dienone is 22. The summed E-state index contributed by atoms with van der Waals surface area (Å²) in [6.07, 6.45) is 62.7. The Kier molecular flexibility index (Phi) is 48.7.